The summed E-state index contributed by atoms with van der Waals surface area (Å²) in [5.41, 5.74) is 2.42. The number of aromatic nitrogens is 2. The highest BCUT2D eigenvalue weighted by Gasteiger charge is 2.16. The van der Waals surface area contributed by atoms with Crippen LogP contribution in [0.25, 0.3) is 0 Å². The van der Waals surface area contributed by atoms with Gasteiger partial charge in [0.25, 0.3) is 0 Å². The van der Waals surface area contributed by atoms with E-state index >= 15 is 0 Å². The van der Waals surface area contributed by atoms with Crippen molar-refractivity contribution < 1.29 is 4.74 Å². The van der Waals surface area contributed by atoms with E-state index in [0.717, 1.165) is 31.0 Å². The number of hydrogen-bond donors (Lipinski definition) is 0. The standard InChI is InChI=1S/C9H14N2O/c1-7-8-5-3-4-6-12-9(8)11(2)10-7/h3-6H2,1-2H3. The normalized spacial score (nSPS) is 16.5. The molecule has 3 nitrogen and oxygen atoms in total. The van der Waals surface area contributed by atoms with Crippen LogP contribution in [0.5, 0.6) is 5.88 Å². The minimum atomic E-state index is 0.839. The molecule has 0 unspecified atom stereocenters. The van der Waals surface area contributed by atoms with Gasteiger partial charge in [0.15, 0.2) is 0 Å². The van der Waals surface area contributed by atoms with Crippen molar-refractivity contribution >= 4 is 0 Å². The molecule has 0 saturated carbocycles. The summed E-state index contributed by atoms with van der Waals surface area (Å²) in [7, 11) is 1.94. The molecule has 2 rings (SSSR count). The SMILES string of the molecule is Cc1nn(C)c2c1CCCCO2. The highest BCUT2D eigenvalue weighted by atomic mass is 16.5. The minimum Gasteiger partial charge on any atom is -0.478 e. The lowest BCUT2D eigenvalue weighted by Gasteiger charge is -2.02. The second-order valence-corrected chi connectivity index (χ2v) is 3.30. The van der Waals surface area contributed by atoms with Crippen molar-refractivity contribution in [3.63, 3.8) is 0 Å². The highest BCUT2D eigenvalue weighted by molar-refractivity contribution is 5.31. The van der Waals surface area contributed by atoms with Crippen LogP contribution >= 0.6 is 0 Å². The molecule has 2 heterocycles. The molecule has 0 aliphatic carbocycles. The van der Waals surface area contributed by atoms with E-state index in [1.165, 1.54) is 12.0 Å². The zero-order valence-electron chi connectivity index (χ0n) is 7.63. The number of ether oxygens (including phenoxy) is 1. The Morgan fingerprint density at radius 1 is 1.42 bits per heavy atom. The Kier molecular flexibility index (Phi) is 1.79. The molecule has 1 aromatic heterocycles. The molecule has 0 radical (unpaired) electrons. The number of hydrogen-bond acceptors (Lipinski definition) is 2. The van der Waals surface area contributed by atoms with Gasteiger partial charge in [-0.05, 0) is 26.2 Å². The first kappa shape index (κ1) is 7.65. The minimum absolute atomic E-state index is 0.839. The van der Waals surface area contributed by atoms with Crippen LogP contribution in [0, 0.1) is 6.92 Å². The largest absolute Gasteiger partial charge is 0.478 e. The summed E-state index contributed by atoms with van der Waals surface area (Å²) in [6.45, 7) is 2.89. The van der Waals surface area contributed by atoms with E-state index < -0.39 is 0 Å². The lowest BCUT2D eigenvalue weighted by molar-refractivity contribution is 0.290. The predicted octanol–water partition coefficient (Wildman–Crippen LogP) is 1.44. The molecule has 1 aliphatic heterocycles. The number of fused-ring (bicyclic) bond motifs is 1. The Bertz CT molecular complexity index is 264. The number of rotatable bonds is 0. The van der Waals surface area contributed by atoms with Gasteiger partial charge >= 0.3 is 0 Å². The molecule has 66 valence electrons. The maximum Gasteiger partial charge on any atom is 0.215 e. The molecule has 0 saturated heterocycles. The van der Waals surface area contributed by atoms with Crippen LogP contribution in [-0.4, -0.2) is 16.4 Å². The molecule has 12 heavy (non-hydrogen) atoms. The fourth-order valence-corrected chi connectivity index (χ4v) is 1.72. The van der Waals surface area contributed by atoms with Gasteiger partial charge in [0.2, 0.25) is 5.88 Å². The van der Waals surface area contributed by atoms with Gasteiger partial charge in [0.1, 0.15) is 0 Å². The zero-order chi connectivity index (χ0) is 8.55. The molecular weight excluding hydrogens is 152 g/mol. The van der Waals surface area contributed by atoms with E-state index in [4.69, 9.17) is 4.74 Å². The smallest absolute Gasteiger partial charge is 0.215 e. The van der Waals surface area contributed by atoms with E-state index in [2.05, 4.69) is 5.10 Å². The van der Waals surface area contributed by atoms with Crippen molar-refractivity contribution in [2.24, 2.45) is 7.05 Å². The van der Waals surface area contributed by atoms with Gasteiger partial charge in [-0.15, -0.1) is 0 Å². The summed E-state index contributed by atoms with van der Waals surface area (Å²) in [6.07, 6.45) is 3.50. The predicted molar refractivity (Wildman–Crippen MR) is 46.4 cm³/mol. The van der Waals surface area contributed by atoms with E-state index in [1.54, 1.807) is 0 Å². The third kappa shape index (κ3) is 1.09. The van der Waals surface area contributed by atoms with Gasteiger partial charge < -0.3 is 4.74 Å². The molecule has 1 aromatic rings. The summed E-state index contributed by atoms with van der Waals surface area (Å²) >= 11 is 0. The van der Waals surface area contributed by atoms with Gasteiger partial charge in [0, 0.05) is 12.6 Å². The van der Waals surface area contributed by atoms with Crippen LogP contribution in [0.15, 0.2) is 0 Å². The van der Waals surface area contributed by atoms with Gasteiger partial charge in [0.05, 0.1) is 12.3 Å². The van der Waals surface area contributed by atoms with Crippen LogP contribution in [0.2, 0.25) is 0 Å². The van der Waals surface area contributed by atoms with Crippen LogP contribution in [-0.2, 0) is 13.5 Å². The third-order valence-electron chi connectivity index (χ3n) is 2.35. The van der Waals surface area contributed by atoms with Gasteiger partial charge in [-0.25, -0.2) is 4.68 Å². The average molecular weight is 166 g/mol. The van der Waals surface area contributed by atoms with E-state index in [9.17, 15) is 0 Å². The quantitative estimate of drug-likeness (QED) is 0.583. The molecule has 0 atom stereocenters. The zero-order valence-corrected chi connectivity index (χ0v) is 7.63. The van der Waals surface area contributed by atoms with Crippen LogP contribution in [0.4, 0.5) is 0 Å². The van der Waals surface area contributed by atoms with Crippen molar-refractivity contribution in [3.8, 4) is 5.88 Å². The molecule has 0 amide bonds. The van der Waals surface area contributed by atoms with Gasteiger partial charge in [-0.3, -0.25) is 0 Å². The molecule has 0 fully saturated rings. The number of aryl methyl sites for hydroxylation is 2. The van der Waals surface area contributed by atoms with Crippen LogP contribution < -0.4 is 4.74 Å². The summed E-state index contributed by atoms with van der Waals surface area (Å²) in [5, 5.41) is 4.33. The topological polar surface area (TPSA) is 27.1 Å². The molecule has 0 aromatic carbocycles. The van der Waals surface area contributed by atoms with E-state index in [1.807, 2.05) is 18.7 Å². The Balaban J connectivity index is 2.44. The van der Waals surface area contributed by atoms with Gasteiger partial charge in [-0.1, -0.05) is 0 Å². The second kappa shape index (κ2) is 2.81. The fourth-order valence-electron chi connectivity index (χ4n) is 1.72. The van der Waals surface area contributed by atoms with Crippen LogP contribution in [0.1, 0.15) is 24.1 Å². The molecule has 3 heteroatoms. The van der Waals surface area contributed by atoms with Crippen molar-refractivity contribution in [1.82, 2.24) is 9.78 Å². The lowest BCUT2D eigenvalue weighted by atomic mass is 10.1. The summed E-state index contributed by atoms with van der Waals surface area (Å²) in [4.78, 5) is 0. The molecule has 0 N–H and O–H groups in total. The Hall–Kier alpha value is -0.990. The van der Waals surface area contributed by atoms with E-state index in [0.29, 0.717) is 0 Å². The number of nitrogens with zero attached hydrogens (tertiary/aromatic N) is 2. The van der Waals surface area contributed by atoms with Crippen molar-refractivity contribution in [1.29, 1.82) is 0 Å². The first-order chi connectivity index (χ1) is 5.79. The Labute approximate surface area is 72.3 Å². The Morgan fingerprint density at radius 3 is 3.08 bits per heavy atom. The first-order valence-electron chi connectivity index (χ1n) is 4.44. The summed E-state index contributed by atoms with van der Waals surface area (Å²) in [5.74, 6) is 0.977. The lowest BCUT2D eigenvalue weighted by Crippen LogP contribution is -2.00. The second-order valence-electron chi connectivity index (χ2n) is 3.30. The van der Waals surface area contributed by atoms with Crippen molar-refractivity contribution in [2.75, 3.05) is 6.61 Å². The molecule has 0 spiro atoms. The summed E-state index contributed by atoms with van der Waals surface area (Å²) < 4.78 is 7.44. The Morgan fingerprint density at radius 2 is 2.25 bits per heavy atom. The van der Waals surface area contributed by atoms with E-state index in [-0.39, 0.29) is 0 Å². The molecule has 1 aliphatic rings. The van der Waals surface area contributed by atoms with Gasteiger partial charge in [-0.2, -0.15) is 5.10 Å². The fraction of sp³-hybridized carbons (Fsp3) is 0.667. The first-order valence-corrected chi connectivity index (χ1v) is 4.44. The monoisotopic (exact) mass is 166 g/mol. The van der Waals surface area contributed by atoms with Crippen LogP contribution in [0.3, 0.4) is 0 Å². The summed E-state index contributed by atoms with van der Waals surface area (Å²) in [6, 6.07) is 0. The average Bonchev–Trinajstić information content (AvgIpc) is 2.29. The molecule has 0 bridgehead atoms. The third-order valence-corrected chi connectivity index (χ3v) is 2.35. The highest BCUT2D eigenvalue weighted by Crippen LogP contribution is 2.25. The maximum absolute atomic E-state index is 5.60. The van der Waals surface area contributed by atoms with Crippen molar-refractivity contribution in [3.05, 3.63) is 11.3 Å². The maximum atomic E-state index is 5.60. The van der Waals surface area contributed by atoms with Crippen molar-refractivity contribution in [2.45, 2.75) is 26.2 Å². The molecular formula is C9H14N2O.